The van der Waals surface area contributed by atoms with Crippen LogP contribution < -0.4 is 0 Å². The van der Waals surface area contributed by atoms with Crippen LogP contribution in [0.3, 0.4) is 0 Å². The van der Waals surface area contributed by atoms with E-state index in [0.717, 1.165) is 33.0 Å². The molecule has 0 saturated heterocycles. The van der Waals surface area contributed by atoms with Gasteiger partial charge in [0.05, 0.1) is 11.1 Å². The second-order valence-electron chi connectivity index (χ2n) is 8.14. The second-order valence-corrected chi connectivity index (χ2v) is 8.99. The lowest BCUT2D eigenvalue weighted by atomic mass is 9.86. The maximum absolute atomic E-state index is 11.3. The van der Waals surface area contributed by atoms with Gasteiger partial charge in [0.15, 0.2) is 10.8 Å². The Morgan fingerprint density at radius 1 is 1.20 bits per heavy atom. The number of thiazole rings is 1. The van der Waals surface area contributed by atoms with Crippen LogP contribution in [0.4, 0.5) is 0 Å². The van der Waals surface area contributed by atoms with Gasteiger partial charge in [-0.2, -0.15) is 0 Å². The van der Waals surface area contributed by atoms with Gasteiger partial charge in [-0.25, -0.2) is 4.98 Å². The predicted octanol–water partition coefficient (Wildman–Crippen LogP) is 5.51. The van der Waals surface area contributed by atoms with Gasteiger partial charge in [-0.1, -0.05) is 26.8 Å². The van der Waals surface area contributed by atoms with Crippen LogP contribution in [0.1, 0.15) is 45.9 Å². The molecule has 2 heterocycles. The van der Waals surface area contributed by atoms with Crippen molar-refractivity contribution in [2.24, 2.45) is 5.41 Å². The highest BCUT2D eigenvalue weighted by Crippen LogP contribution is 2.34. The third kappa shape index (κ3) is 3.61. The SMILES string of the molecule is CC(C)(Cc1ccc2oc(-c3nc(C(C)(C)C)cs3)cc2c1)C(=O)O. The van der Waals surface area contributed by atoms with Crippen molar-refractivity contribution in [1.29, 1.82) is 0 Å². The van der Waals surface area contributed by atoms with E-state index in [-0.39, 0.29) is 5.41 Å². The quantitative estimate of drug-likeness (QED) is 0.669. The number of aromatic nitrogens is 1. The van der Waals surface area contributed by atoms with Crippen LogP contribution in [-0.4, -0.2) is 16.1 Å². The van der Waals surface area contributed by atoms with Crippen LogP contribution in [0.15, 0.2) is 34.1 Å². The number of carboxylic acid groups (broad SMARTS) is 1. The fourth-order valence-electron chi connectivity index (χ4n) is 2.63. The fraction of sp³-hybridized carbons (Fsp3) is 0.400. The molecule has 0 aliphatic rings. The van der Waals surface area contributed by atoms with Crippen LogP contribution >= 0.6 is 11.3 Å². The number of benzene rings is 1. The number of rotatable bonds is 4. The zero-order chi connectivity index (χ0) is 18.4. The summed E-state index contributed by atoms with van der Waals surface area (Å²) in [5.41, 5.74) is 2.05. The Morgan fingerprint density at radius 2 is 1.92 bits per heavy atom. The maximum atomic E-state index is 11.3. The van der Waals surface area contributed by atoms with Crippen molar-refractivity contribution in [3.05, 3.63) is 40.9 Å². The molecule has 2 aromatic heterocycles. The molecular weight excluding hydrogens is 334 g/mol. The standard InChI is InChI=1S/C20H23NO3S/c1-19(2,3)16-11-25-17(21-16)15-9-13-8-12(6-7-14(13)24-15)10-20(4,5)18(22)23/h6-9,11H,10H2,1-5H3,(H,22,23). The van der Waals surface area contributed by atoms with Gasteiger partial charge in [0, 0.05) is 16.2 Å². The predicted molar refractivity (Wildman–Crippen MR) is 101 cm³/mol. The number of hydrogen-bond acceptors (Lipinski definition) is 4. The fourth-order valence-corrected chi connectivity index (χ4v) is 3.62. The van der Waals surface area contributed by atoms with Crippen molar-refractivity contribution in [2.75, 3.05) is 0 Å². The third-order valence-corrected chi connectivity index (χ3v) is 5.15. The highest BCUT2D eigenvalue weighted by Gasteiger charge is 2.27. The van der Waals surface area contributed by atoms with Gasteiger partial charge >= 0.3 is 5.97 Å². The van der Waals surface area contributed by atoms with Gasteiger partial charge in [0.1, 0.15) is 5.58 Å². The first-order chi connectivity index (χ1) is 11.6. The number of nitrogens with zero attached hydrogens (tertiary/aromatic N) is 1. The van der Waals surface area contributed by atoms with Gasteiger partial charge in [-0.3, -0.25) is 4.79 Å². The summed E-state index contributed by atoms with van der Waals surface area (Å²) in [6.07, 6.45) is 0.476. The summed E-state index contributed by atoms with van der Waals surface area (Å²) < 4.78 is 5.94. The molecule has 0 bridgehead atoms. The molecule has 0 aliphatic carbocycles. The number of carbonyl (C=O) groups is 1. The minimum atomic E-state index is -0.794. The van der Waals surface area contributed by atoms with Gasteiger partial charge in [0.25, 0.3) is 0 Å². The van der Waals surface area contributed by atoms with E-state index in [1.54, 1.807) is 25.2 Å². The van der Waals surface area contributed by atoms with Crippen LogP contribution in [-0.2, 0) is 16.6 Å². The average molecular weight is 357 g/mol. The summed E-state index contributed by atoms with van der Waals surface area (Å²) in [6.45, 7) is 9.90. The van der Waals surface area contributed by atoms with E-state index in [1.807, 2.05) is 24.3 Å². The lowest BCUT2D eigenvalue weighted by molar-refractivity contribution is -0.146. The van der Waals surface area contributed by atoms with Gasteiger partial charge < -0.3 is 9.52 Å². The molecule has 0 amide bonds. The molecule has 0 spiro atoms. The van der Waals surface area contributed by atoms with Gasteiger partial charge in [0.2, 0.25) is 0 Å². The van der Waals surface area contributed by atoms with Crippen molar-refractivity contribution in [3.8, 4) is 10.8 Å². The number of furan rings is 1. The molecule has 25 heavy (non-hydrogen) atoms. The van der Waals surface area contributed by atoms with Gasteiger partial charge in [-0.05, 0) is 44.0 Å². The van der Waals surface area contributed by atoms with Crippen molar-refractivity contribution >= 4 is 28.3 Å². The monoisotopic (exact) mass is 357 g/mol. The molecule has 0 fully saturated rings. The summed E-state index contributed by atoms with van der Waals surface area (Å²) in [5, 5.41) is 13.2. The summed E-state index contributed by atoms with van der Waals surface area (Å²) >= 11 is 1.58. The lowest BCUT2D eigenvalue weighted by Gasteiger charge is -2.18. The average Bonchev–Trinajstić information content (AvgIpc) is 3.12. The molecule has 0 unspecified atom stereocenters. The summed E-state index contributed by atoms with van der Waals surface area (Å²) in [5.74, 6) is -0.0388. The van der Waals surface area contributed by atoms with E-state index in [0.29, 0.717) is 6.42 Å². The second kappa shape index (κ2) is 5.99. The van der Waals surface area contributed by atoms with Crippen molar-refractivity contribution < 1.29 is 14.3 Å². The topological polar surface area (TPSA) is 63.3 Å². The molecule has 132 valence electrons. The summed E-state index contributed by atoms with van der Waals surface area (Å²) in [7, 11) is 0. The summed E-state index contributed by atoms with van der Waals surface area (Å²) in [4.78, 5) is 16.0. The minimum absolute atomic E-state index is 0.0103. The molecule has 0 saturated carbocycles. The van der Waals surface area contributed by atoms with E-state index in [1.165, 1.54) is 0 Å². The van der Waals surface area contributed by atoms with E-state index in [9.17, 15) is 9.90 Å². The van der Waals surface area contributed by atoms with E-state index in [2.05, 4.69) is 26.2 Å². The molecule has 1 aromatic carbocycles. The van der Waals surface area contributed by atoms with Crippen LogP contribution in [0.5, 0.6) is 0 Å². The third-order valence-electron chi connectivity index (χ3n) is 4.29. The molecule has 0 radical (unpaired) electrons. The Bertz CT molecular complexity index is 928. The highest BCUT2D eigenvalue weighted by atomic mass is 32.1. The Labute approximate surface area is 151 Å². The molecule has 0 atom stereocenters. The molecule has 3 aromatic rings. The normalized spacial score (nSPS) is 12.7. The molecule has 1 N–H and O–H groups in total. The minimum Gasteiger partial charge on any atom is -0.481 e. The lowest BCUT2D eigenvalue weighted by Crippen LogP contribution is -2.26. The first-order valence-corrected chi connectivity index (χ1v) is 9.16. The molecule has 3 rings (SSSR count). The first-order valence-electron chi connectivity index (χ1n) is 8.28. The van der Waals surface area contributed by atoms with Crippen LogP contribution in [0.2, 0.25) is 0 Å². The van der Waals surface area contributed by atoms with Crippen molar-refractivity contribution in [3.63, 3.8) is 0 Å². The first kappa shape index (κ1) is 17.7. The Kier molecular flexibility index (Phi) is 4.23. The molecular formula is C20H23NO3S. The number of hydrogen-bond donors (Lipinski definition) is 1. The van der Waals surface area contributed by atoms with E-state index >= 15 is 0 Å². The zero-order valence-electron chi connectivity index (χ0n) is 15.2. The van der Waals surface area contributed by atoms with Gasteiger partial charge in [-0.15, -0.1) is 11.3 Å². The van der Waals surface area contributed by atoms with Crippen LogP contribution in [0, 0.1) is 5.41 Å². The van der Waals surface area contributed by atoms with Crippen LogP contribution in [0.25, 0.3) is 21.7 Å². The number of carboxylic acids is 1. The molecule has 4 nitrogen and oxygen atoms in total. The number of aliphatic carboxylic acids is 1. The smallest absolute Gasteiger partial charge is 0.309 e. The number of fused-ring (bicyclic) bond motifs is 1. The zero-order valence-corrected chi connectivity index (χ0v) is 16.0. The largest absolute Gasteiger partial charge is 0.481 e. The van der Waals surface area contributed by atoms with E-state index < -0.39 is 11.4 Å². The summed E-state index contributed by atoms with van der Waals surface area (Å²) in [6, 6.07) is 7.83. The molecule has 5 heteroatoms. The van der Waals surface area contributed by atoms with E-state index in [4.69, 9.17) is 9.40 Å². The Balaban J connectivity index is 1.93. The Morgan fingerprint density at radius 3 is 2.52 bits per heavy atom. The molecule has 0 aliphatic heterocycles. The maximum Gasteiger partial charge on any atom is 0.309 e. The van der Waals surface area contributed by atoms with Crippen molar-refractivity contribution in [2.45, 2.75) is 46.5 Å². The van der Waals surface area contributed by atoms with Crippen molar-refractivity contribution in [1.82, 2.24) is 4.98 Å². The Hall–Kier alpha value is -2.14. The highest BCUT2D eigenvalue weighted by molar-refractivity contribution is 7.13.